The molecule has 3 nitrogen and oxygen atoms in total. The molecule has 18 heavy (non-hydrogen) atoms. The van der Waals surface area contributed by atoms with Gasteiger partial charge in [0.15, 0.2) is 0 Å². The summed E-state index contributed by atoms with van der Waals surface area (Å²) in [6, 6.07) is 6.05. The maximum absolute atomic E-state index is 5.98. The Bertz CT molecular complexity index is 403. The van der Waals surface area contributed by atoms with Gasteiger partial charge in [-0.3, -0.25) is 0 Å². The molecule has 1 aliphatic heterocycles. The molecule has 0 aromatic heterocycles. The number of hydrogen-bond acceptors (Lipinski definition) is 3. The first kappa shape index (κ1) is 13.8. The molecule has 1 aromatic carbocycles. The van der Waals surface area contributed by atoms with Gasteiger partial charge >= 0.3 is 0 Å². The summed E-state index contributed by atoms with van der Waals surface area (Å²) in [6.07, 6.45) is 2.27. The Morgan fingerprint density at radius 2 is 2.11 bits per heavy atom. The van der Waals surface area contributed by atoms with E-state index in [0.717, 1.165) is 54.9 Å². The molecule has 2 rings (SSSR count). The molecule has 1 fully saturated rings. The van der Waals surface area contributed by atoms with E-state index in [2.05, 4.69) is 34.2 Å². The van der Waals surface area contributed by atoms with E-state index in [9.17, 15) is 0 Å². The van der Waals surface area contributed by atoms with Crippen LogP contribution in [0.2, 0.25) is 0 Å². The number of nitrogen functional groups attached to an aromatic ring is 1. The molecule has 0 unspecified atom stereocenters. The van der Waals surface area contributed by atoms with Gasteiger partial charge in [-0.05, 0) is 36.0 Å². The van der Waals surface area contributed by atoms with Gasteiger partial charge in [0.2, 0.25) is 0 Å². The van der Waals surface area contributed by atoms with Crippen molar-refractivity contribution in [3.8, 4) is 0 Å². The average molecular weight is 313 g/mol. The van der Waals surface area contributed by atoms with Crippen molar-refractivity contribution in [3.05, 3.63) is 28.2 Å². The lowest BCUT2D eigenvalue weighted by Gasteiger charge is -2.33. The summed E-state index contributed by atoms with van der Waals surface area (Å²) in [4.78, 5) is 0. The molecule has 1 aliphatic rings. The molecule has 1 aromatic rings. The maximum Gasteiger partial charge on any atom is 0.0471 e. The second-order valence-electron chi connectivity index (χ2n) is 5.37. The summed E-state index contributed by atoms with van der Waals surface area (Å²) in [6.45, 7) is 5.95. The van der Waals surface area contributed by atoms with Crippen LogP contribution in [0.4, 0.5) is 5.69 Å². The molecule has 4 heteroatoms. The van der Waals surface area contributed by atoms with Crippen LogP contribution in [-0.4, -0.2) is 19.8 Å². The largest absolute Gasteiger partial charge is 0.398 e. The predicted octanol–water partition coefficient (Wildman–Crippen LogP) is 2.94. The molecule has 0 radical (unpaired) electrons. The molecule has 0 atom stereocenters. The van der Waals surface area contributed by atoms with Crippen LogP contribution in [0.1, 0.15) is 25.3 Å². The normalized spacial score (nSPS) is 18.8. The second-order valence-corrected chi connectivity index (χ2v) is 6.29. The van der Waals surface area contributed by atoms with Gasteiger partial charge in [0.25, 0.3) is 0 Å². The lowest BCUT2D eigenvalue weighted by Crippen LogP contribution is -2.36. The molecule has 0 bridgehead atoms. The average Bonchev–Trinajstić information content (AvgIpc) is 2.33. The van der Waals surface area contributed by atoms with Crippen molar-refractivity contribution in [1.29, 1.82) is 0 Å². The first-order valence-electron chi connectivity index (χ1n) is 6.41. The number of nitrogens with two attached hydrogens (primary N) is 1. The van der Waals surface area contributed by atoms with Gasteiger partial charge in [-0.1, -0.05) is 28.9 Å². The van der Waals surface area contributed by atoms with Crippen LogP contribution < -0.4 is 11.1 Å². The van der Waals surface area contributed by atoms with Crippen LogP contribution in [-0.2, 0) is 11.3 Å². The van der Waals surface area contributed by atoms with Gasteiger partial charge in [0.1, 0.15) is 0 Å². The number of halogens is 1. The molecule has 0 aliphatic carbocycles. The van der Waals surface area contributed by atoms with Crippen LogP contribution in [0, 0.1) is 5.41 Å². The topological polar surface area (TPSA) is 47.3 Å². The Balaban J connectivity index is 1.84. The van der Waals surface area contributed by atoms with Crippen molar-refractivity contribution in [1.82, 2.24) is 5.32 Å². The lowest BCUT2D eigenvalue weighted by molar-refractivity contribution is 0.0240. The van der Waals surface area contributed by atoms with Crippen LogP contribution in [0.3, 0.4) is 0 Å². The minimum absolute atomic E-state index is 0.363. The van der Waals surface area contributed by atoms with Gasteiger partial charge in [-0.2, -0.15) is 0 Å². The van der Waals surface area contributed by atoms with Crippen molar-refractivity contribution in [3.63, 3.8) is 0 Å². The zero-order valence-electron chi connectivity index (χ0n) is 10.8. The quantitative estimate of drug-likeness (QED) is 0.840. The maximum atomic E-state index is 5.98. The van der Waals surface area contributed by atoms with E-state index in [-0.39, 0.29) is 0 Å². The summed E-state index contributed by atoms with van der Waals surface area (Å²) < 4.78 is 6.44. The van der Waals surface area contributed by atoms with Crippen LogP contribution in [0.25, 0.3) is 0 Å². The third kappa shape index (κ3) is 3.70. The summed E-state index contributed by atoms with van der Waals surface area (Å²) >= 11 is 3.42. The Labute approximate surface area is 117 Å². The fourth-order valence-corrected chi connectivity index (χ4v) is 2.65. The Morgan fingerprint density at radius 3 is 2.78 bits per heavy atom. The Kier molecular flexibility index (Phi) is 4.65. The third-order valence-corrected chi connectivity index (χ3v) is 4.17. The first-order valence-corrected chi connectivity index (χ1v) is 7.21. The van der Waals surface area contributed by atoms with Crippen LogP contribution in [0.5, 0.6) is 0 Å². The second kappa shape index (κ2) is 6.04. The highest BCUT2D eigenvalue weighted by atomic mass is 79.9. The van der Waals surface area contributed by atoms with Crippen molar-refractivity contribution in [2.24, 2.45) is 5.41 Å². The van der Waals surface area contributed by atoms with Crippen molar-refractivity contribution >= 4 is 21.6 Å². The van der Waals surface area contributed by atoms with Crippen molar-refractivity contribution in [2.45, 2.75) is 26.3 Å². The molecule has 3 N–H and O–H groups in total. The van der Waals surface area contributed by atoms with E-state index in [4.69, 9.17) is 10.5 Å². The van der Waals surface area contributed by atoms with Crippen LogP contribution >= 0.6 is 15.9 Å². The van der Waals surface area contributed by atoms with Crippen molar-refractivity contribution in [2.75, 3.05) is 25.5 Å². The smallest absolute Gasteiger partial charge is 0.0471 e. The first-order chi connectivity index (χ1) is 8.59. The highest BCUT2D eigenvalue weighted by molar-refractivity contribution is 9.10. The fraction of sp³-hybridized carbons (Fsp3) is 0.571. The Morgan fingerprint density at radius 1 is 1.39 bits per heavy atom. The summed E-state index contributed by atoms with van der Waals surface area (Å²) in [7, 11) is 0. The minimum Gasteiger partial charge on any atom is -0.398 e. The molecule has 1 heterocycles. The summed E-state index contributed by atoms with van der Waals surface area (Å²) in [5, 5.41) is 3.52. The molecule has 1 saturated heterocycles. The molecular weight excluding hydrogens is 292 g/mol. The number of rotatable bonds is 4. The molecule has 100 valence electrons. The minimum atomic E-state index is 0.363. The van der Waals surface area contributed by atoms with Crippen molar-refractivity contribution < 1.29 is 4.74 Å². The van der Waals surface area contributed by atoms with E-state index in [1.165, 1.54) is 0 Å². The number of ether oxygens (including phenoxy) is 1. The number of anilines is 1. The lowest BCUT2D eigenvalue weighted by atomic mass is 9.82. The summed E-state index contributed by atoms with van der Waals surface area (Å²) in [5.74, 6) is 0. The molecule has 0 saturated carbocycles. The van der Waals surface area contributed by atoms with E-state index in [0.29, 0.717) is 5.41 Å². The third-order valence-electron chi connectivity index (χ3n) is 3.68. The number of hydrogen-bond donors (Lipinski definition) is 2. The van der Waals surface area contributed by atoms with Gasteiger partial charge in [-0.25, -0.2) is 0 Å². The monoisotopic (exact) mass is 312 g/mol. The van der Waals surface area contributed by atoms with E-state index < -0.39 is 0 Å². The summed E-state index contributed by atoms with van der Waals surface area (Å²) in [5.41, 5.74) is 8.35. The SMILES string of the molecule is CC1(CNCc2ccc(Br)cc2N)CCOCC1. The number of nitrogens with one attached hydrogen (secondary N) is 1. The van der Waals surface area contributed by atoms with Crippen LogP contribution in [0.15, 0.2) is 22.7 Å². The highest BCUT2D eigenvalue weighted by Crippen LogP contribution is 2.29. The van der Waals surface area contributed by atoms with Gasteiger partial charge in [-0.15, -0.1) is 0 Å². The number of benzene rings is 1. The molecule has 0 spiro atoms. The van der Waals surface area contributed by atoms with Gasteiger partial charge in [0.05, 0.1) is 0 Å². The zero-order chi connectivity index (χ0) is 13.0. The standard InChI is InChI=1S/C14H21BrN2O/c1-14(4-6-18-7-5-14)10-17-9-11-2-3-12(15)8-13(11)16/h2-3,8,17H,4-7,9-10,16H2,1H3. The van der Waals surface area contributed by atoms with E-state index in [1.54, 1.807) is 0 Å². The van der Waals surface area contributed by atoms with E-state index in [1.807, 2.05) is 12.1 Å². The fourth-order valence-electron chi connectivity index (χ4n) is 2.27. The predicted molar refractivity (Wildman–Crippen MR) is 78.4 cm³/mol. The Hall–Kier alpha value is -0.580. The van der Waals surface area contributed by atoms with Gasteiger partial charge < -0.3 is 15.8 Å². The molecular formula is C14H21BrN2O. The zero-order valence-corrected chi connectivity index (χ0v) is 12.4. The van der Waals surface area contributed by atoms with E-state index >= 15 is 0 Å². The molecule has 0 amide bonds. The van der Waals surface area contributed by atoms with Gasteiger partial charge in [0, 0.05) is 36.5 Å². The highest BCUT2D eigenvalue weighted by Gasteiger charge is 2.26.